The Balaban J connectivity index is 1.34. The van der Waals surface area contributed by atoms with Gasteiger partial charge in [0.1, 0.15) is 11.8 Å². The highest BCUT2D eigenvalue weighted by Gasteiger charge is 2.42. The van der Waals surface area contributed by atoms with Crippen molar-refractivity contribution in [2.75, 3.05) is 22.9 Å². The molecule has 2 aliphatic heterocycles. The topological polar surface area (TPSA) is 44.5 Å². The van der Waals surface area contributed by atoms with E-state index in [0.29, 0.717) is 5.11 Å². The van der Waals surface area contributed by atoms with Gasteiger partial charge in [0.2, 0.25) is 0 Å². The lowest BCUT2D eigenvalue weighted by atomic mass is 9.98. The fourth-order valence-electron chi connectivity index (χ4n) is 5.23. The quantitative estimate of drug-likeness (QED) is 0.240. The van der Waals surface area contributed by atoms with E-state index in [1.54, 1.807) is 11.8 Å². The van der Waals surface area contributed by atoms with Crippen molar-refractivity contribution < 1.29 is 4.42 Å². The van der Waals surface area contributed by atoms with E-state index in [1.165, 1.54) is 12.8 Å². The van der Waals surface area contributed by atoms with E-state index in [2.05, 4.69) is 51.3 Å². The van der Waals surface area contributed by atoms with Crippen molar-refractivity contribution in [2.45, 2.75) is 41.8 Å². The third kappa shape index (κ3) is 5.15. The molecule has 2 aliphatic rings. The minimum Gasteiger partial charge on any atom is -0.452 e. The highest BCUT2D eigenvalue weighted by Crippen LogP contribution is 2.45. The van der Waals surface area contributed by atoms with E-state index in [1.807, 2.05) is 60.8 Å². The van der Waals surface area contributed by atoms with E-state index < -0.39 is 0 Å². The van der Waals surface area contributed by atoms with Gasteiger partial charge in [0.05, 0.1) is 22.4 Å². The van der Waals surface area contributed by atoms with Gasteiger partial charge in [0, 0.05) is 29.9 Å². The van der Waals surface area contributed by atoms with E-state index in [-0.39, 0.29) is 12.1 Å². The predicted octanol–water partition coefficient (Wildman–Crippen LogP) is 7.89. The maximum Gasteiger partial charge on any atom is 0.174 e. The molecule has 38 heavy (non-hydrogen) atoms. The minimum absolute atomic E-state index is 0.175. The molecular formula is C30H29ClN4OS2. The summed E-state index contributed by atoms with van der Waals surface area (Å²) >= 11 is 14.4. The number of anilines is 2. The molecule has 2 aromatic heterocycles. The first-order valence-corrected chi connectivity index (χ1v) is 14.5. The summed E-state index contributed by atoms with van der Waals surface area (Å²) in [6.45, 7) is 4.38. The lowest BCUT2D eigenvalue weighted by Crippen LogP contribution is -2.33. The molecule has 0 bridgehead atoms. The van der Waals surface area contributed by atoms with Gasteiger partial charge in [-0.1, -0.05) is 54.6 Å². The molecule has 2 atom stereocenters. The van der Waals surface area contributed by atoms with Crippen LogP contribution in [0.15, 0.2) is 99.5 Å². The Labute approximate surface area is 238 Å². The van der Waals surface area contributed by atoms with Gasteiger partial charge in [-0.3, -0.25) is 4.98 Å². The van der Waals surface area contributed by atoms with Gasteiger partial charge in [-0.15, -0.1) is 0 Å². The number of furan rings is 1. The lowest BCUT2D eigenvalue weighted by Gasteiger charge is -2.33. The molecule has 4 heterocycles. The van der Waals surface area contributed by atoms with Crippen LogP contribution in [0.3, 0.4) is 0 Å². The molecule has 2 saturated heterocycles. The fourth-order valence-corrected chi connectivity index (χ4v) is 6.67. The zero-order valence-corrected chi connectivity index (χ0v) is 23.5. The number of rotatable bonds is 6. The molecule has 0 unspecified atom stereocenters. The normalized spacial score (nSPS) is 20.1. The van der Waals surface area contributed by atoms with Crippen molar-refractivity contribution in [3.8, 4) is 0 Å². The van der Waals surface area contributed by atoms with Gasteiger partial charge in [-0.2, -0.15) is 0 Å². The summed E-state index contributed by atoms with van der Waals surface area (Å²) in [4.78, 5) is 10.3. The zero-order valence-electron chi connectivity index (χ0n) is 21.1. The van der Waals surface area contributed by atoms with E-state index in [4.69, 9.17) is 28.2 Å². The number of nitrogens with one attached hydrogen (secondary N) is 1. The minimum atomic E-state index is -0.222. The van der Waals surface area contributed by atoms with Gasteiger partial charge in [0.25, 0.3) is 0 Å². The maximum absolute atomic E-state index is 6.90. The Kier molecular flexibility index (Phi) is 7.32. The Morgan fingerprint density at radius 1 is 1.00 bits per heavy atom. The fraction of sp³-hybridized carbons (Fsp3) is 0.267. The molecule has 2 aromatic carbocycles. The van der Waals surface area contributed by atoms with Crippen LogP contribution in [0, 0.1) is 5.92 Å². The molecule has 0 spiro atoms. The second-order valence-corrected chi connectivity index (χ2v) is 11.7. The lowest BCUT2D eigenvalue weighted by molar-refractivity contribution is 0.383. The van der Waals surface area contributed by atoms with Gasteiger partial charge in [-0.25, -0.2) is 0 Å². The van der Waals surface area contributed by atoms with Crippen LogP contribution in [0.25, 0.3) is 0 Å². The van der Waals surface area contributed by atoms with E-state index in [9.17, 15) is 0 Å². The van der Waals surface area contributed by atoms with Crippen molar-refractivity contribution in [3.63, 3.8) is 0 Å². The molecule has 0 aliphatic carbocycles. The molecule has 0 radical (unpaired) electrons. The van der Waals surface area contributed by atoms with Crippen LogP contribution in [0.4, 0.5) is 11.4 Å². The molecular weight excluding hydrogens is 532 g/mol. The van der Waals surface area contributed by atoms with E-state index >= 15 is 0 Å². The highest BCUT2D eigenvalue weighted by molar-refractivity contribution is 7.99. The number of thiocarbonyl (C=S) groups is 1. The Morgan fingerprint density at radius 2 is 1.79 bits per heavy atom. The number of benzene rings is 2. The van der Waals surface area contributed by atoms with Gasteiger partial charge in [-0.05, 0) is 85.6 Å². The summed E-state index contributed by atoms with van der Waals surface area (Å²) in [5.74, 6) is 1.58. The first-order chi connectivity index (χ1) is 18.6. The molecule has 0 amide bonds. The van der Waals surface area contributed by atoms with E-state index in [0.717, 1.165) is 56.8 Å². The second kappa shape index (κ2) is 11.0. The van der Waals surface area contributed by atoms with Gasteiger partial charge in [0.15, 0.2) is 10.2 Å². The summed E-state index contributed by atoms with van der Waals surface area (Å²) in [7, 11) is 0. The third-order valence-corrected chi connectivity index (χ3v) is 8.83. The number of nitrogens with zero attached hydrogens (tertiary/aromatic N) is 3. The number of hydrogen-bond acceptors (Lipinski definition) is 5. The number of halogens is 1. The van der Waals surface area contributed by atoms with Crippen molar-refractivity contribution in [3.05, 3.63) is 102 Å². The first kappa shape index (κ1) is 25.3. The summed E-state index contributed by atoms with van der Waals surface area (Å²) < 4.78 is 6.44. The number of hydrogen-bond donors (Lipinski definition) is 1. The number of aromatic nitrogens is 1. The Morgan fingerprint density at radius 3 is 2.53 bits per heavy atom. The predicted molar refractivity (Wildman–Crippen MR) is 159 cm³/mol. The van der Waals surface area contributed by atoms with Crippen LogP contribution in [0.5, 0.6) is 0 Å². The summed E-state index contributed by atoms with van der Waals surface area (Å²) in [5.41, 5.74) is 2.91. The van der Waals surface area contributed by atoms with Crippen molar-refractivity contribution >= 4 is 52.1 Å². The molecule has 5 nitrogen and oxygen atoms in total. The second-order valence-electron chi connectivity index (χ2n) is 9.87. The average Bonchev–Trinajstić information content (AvgIpc) is 3.54. The van der Waals surface area contributed by atoms with Crippen LogP contribution in [0.2, 0.25) is 5.02 Å². The maximum atomic E-state index is 6.90. The van der Waals surface area contributed by atoms with Crippen molar-refractivity contribution in [1.29, 1.82) is 0 Å². The van der Waals surface area contributed by atoms with Crippen LogP contribution >= 0.6 is 35.6 Å². The first-order valence-electron chi connectivity index (χ1n) is 12.9. The third-order valence-electron chi connectivity index (χ3n) is 7.29. The van der Waals surface area contributed by atoms with Crippen LogP contribution < -0.4 is 15.1 Å². The highest BCUT2D eigenvalue weighted by atomic mass is 35.5. The Hall–Kier alpha value is -3.00. The molecule has 4 aromatic rings. The molecule has 8 heteroatoms. The molecule has 0 saturated carbocycles. The van der Waals surface area contributed by atoms with Crippen molar-refractivity contribution in [1.82, 2.24) is 10.3 Å². The largest absolute Gasteiger partial charge is 0.452 e. The smallest absolute Gasteiger partial charge is 0.174 e. The zero-order chi connectivity index (χ0) is 26.1. The molecule has 194 valence electrons. The van der Waals surface area contributed by atoms with Crippen molar-refractivity contribution in [2.24, 2.45) is 5.92 Å². The summed E-state index contributed by atoms with van der Waals surface area (Å²) in [5, 5.41) is 5.69. The SMILES string of the molecule is CC1CCN(c2ccc(N3C(=S)N[C@@H](c4ccccn4)[C@@H]3c3ccc(Sc4ccccc4)o3)cc2Cl)CC1. The van der Waals surface area contributed by atoms with Gasteiger partial charge >= 0.3 is 0 Å². The number of piperidine rings is 1. The average molecular weight is 561 g/mol. The van der Waals surface area contributed by atoms with Crippen LogP contribution in [0.1, 0.15) is 43.3 Å². The summed E-state index contributed by atoms with van der Waals surface area (Å²) in [6, 6.07) is 26.1. The van der Waals surface area contributed by atoms with Crippen LogP contribution in [-0.2, 0) is 0 Å². The number of pyridine rings is 1. The Bertz CT molecular complexity index is 1410. The van der Waals surface area contributed by atoms with Crippen LogP contribution in [-0.4, -0.2) is 23.2 Å². The monoisotopic (exact) mass is 560 g/mol. The van der Waals surface area contributed by atoms with Gasteiger partial charge < -0.3 is 19.5 Å². The molecule has 1 N–H and O–H groups in total. The standard InChI is InChI=1S/C30H29ClN4OS2/c1-20-14-17-34(18-15-20)25-11-10-21(19-23(25)31)35-29(28(33-30(35)37)24-9-5-6-16-32-24)26-12-13-27(36-26)38-22-7-3-2-4-8-22/h2-13,16,19-20,28-29H,14-15,17-18H2,1H3,(H,33,37)/t28-,29-/m0/s1. The molecule has 6 rings (SSSR count). The summed E-state index contributed by atoms with van der Waals surface area (Å²) in [6.07, 6.45) is 4.19. The molecule has 2 fully saturated rings.